The van der Waals surface area contributed by atoms with Crippen molar-refractivity contribution in [1.82, 2.24) is 9.97 Å². The summed E-state index contributed by atoms with van der Waals surface area (Å²) >= 11 is 0. The van der Waals surface area contributed by atoms with Crippen molar-refractivity contribution in [3.05, 3.63) is 36.2 Å². The highest BCUT2D eigenvalue weighted by Gasteiger charge is 2.07. The Morgan fingerprint density at radius 3 is 2.71 bits per heavy atom. The van der Waals surface area contributed by atoms with Gasteiger partial charge in [0.05, 0.1) is 22.9 Å². The molecule has 1 atom stereocenters. The van der Waals surface area contributed by atoms with Crippen LogP contribution in [0.2, 0.25) is 0 Å². The first-order valence-corrected chi connectivity index (χ1v) is 4.41. The lowest BCUT2D eigenvalue weighted by molar-refractivity contribution is 0.182. The molecule has 0 aliphatic rings. The molecule has 4 heteroatoms. The summed E-state index contributed by atoms with van der Waals surface area (Å²) in [4.78, 5) is 8.43. The van der Waals surface area contributed by atoms with Crippen LogP contribution in [0.5, 0.6) is 0 Å². The zero-order valence-corrected chi connectivity index (χ0v) is 7.59. The number of benzene rings is 1. The largest absolute Gasteiger partial charge is 0.385 e. The third kappa shape index (κ3) is 1.57. The van der Waals surface area contributed by atoms with E-state index in [1.165, 1.54) is 0 Å². The molecule has 0 unspecified atom stereocenters. The molecule has 72 valence electrons. The van der Waals surface area contributed by atoms with E-state index in [2.05, 4.69) is 9.97 Å². The van der Waals surface area contributed by atoms with Gasteiger partial charge >= 0.3 is 0 Å². The minimum absolute atomic E-state index is 0.160. The van der Waals surface area contributed by atoms with Crippen LogP contribution in [0.1, 0.15) is 11.8 Å². The number of rotatable bonds is 2. The highest BCUT2D eigenvalue weighted by Crippen LogP contribution is 2.12. The van der Waals surface area contributed by atoms with E-state index in [-0.39, 0.29) is 6.54 Å². The molecule has 0 bridgehead atoms. The number of aliphatic hydroxyl groups excluding tert-OH is 1. The third-order valence-corrected chi connectivity index (χ3v) is 2.03. The molecule has 0 spiro atoms. The van der Waals surface area contributed by atoms with Crippen molar-refractivity contribution in [3.63, 3.8) is 0 Å². The van der Waals surface area contributed by atoms with Crippen LogP contribution in [-0.2, 0) is 0 Å². The number of aliphatic hydroxyl groups is 1. The Morgan fingerprint density at radius 1 is 1.29 bits per heavy atom. The number of hydrogen-bond acceptors (Lipinski definition) is 4. The zero-order chi connectivity index (χ0) is 9.97. The van der Waals surface area contributed by atoms with Gasteiger partial charge in [-0.2, -0.15) is 0 Å². The SMILES string of the molecule is NC[C@@H](O)c1cnc2ccccc2n1. The summed E-state index contributed by atoms with van der Waals surface area (Å²) in [5.41, 5.74) is 7.45. The van der Waals surface area contributed by atoms with Gasteiger partial charge in [0.2, 0.25) is 0 Å². The number of nitrogens with zero attached hydrogens (tertiary/aromatic N) is 2. The molecule has 2 aromatic rings. The van der Waals surface area contributed by atoms with E-state index in [9.17, 15) is 5.11 Å². The number of aromatic nitrogens is 2. The van der Waals surface area contributed by atoms with E-state index in [1.807, 2.05) is 24.3 Å². The first kappa shape index (κ1) is 9.05. The van der Waals surface area contributed by atoms with Crippen LogP contribution in [0, 0.1) is 0 Å². The van der Waals surface area contributed by atoms with E-state index in [0.717, 1.165) is 11.0 Å². The minimum atomic E-state index is -0.730. The van der Waals surface area contributed by atoms with Crippen molar-refractivity contribution in [2.24, 2.45) is 5.73 Å². The lowest BCUT2D eigenvalue weighted by Gasteiger charge is -2.06. The maximum Gasteiger partial charge on any atom is 0.110 e. The lowest BCUT2D eigenvalue weighted by atomic mass is 10.2. The second-order valence-electron chi connectivity index (χ2n) is 3.04. The van der Waals surface area contributed by atoms with Crippen molar-refractivity contribution in [2.75, 3.05) is 6.54 Å². The Labute approximate surface area is 81.4 Å². The average Bonchev–Trinajstić information content (AvgIpc) is 2.27. The monoisotopic (exact) mass is 189 g/mol. The van der Waals surface area contributed by atoms with Gasteiger partial charge in [0, 0.05) is 6.54 Å². The number of nitrogens with two attached hydrogens (primary N) is 1. The summed E-state index contributed by atoms with van der Waals surface area (Å²) in [5.74, 6) is 0. The number of fused-ring (bicyclic) bond motifs is 1. The maximum absolute atomic E-state index is 9.46. The van der Waals surface area contributed by atoms with Crippen molar-refractivity contribution >= 4 is 11.0 Å². The summed E-state index contributed by atoms with van der Waals surface area (Å²) in [6.45, 7) is 0.160. The number of para-hydroxylation sites is 2. The van der Waals surface area contributed by atoms with Gasteiger partial charge in [0.15, 0.2) is 0 Å². The molecule has 0 aliphatic heterocycles. The van der Waals surface area contributed by atoms with Gasteiger partial charge in [-0.1, -0.05) is 12.1 Å². The van der Waals surface area contributed by atoms with Gasteiger partial charge in [0.1, 0.15) is 6.10 Å². The average molecular weight is 189 g/mol. The quantitative estimate of drug-likeness (QED) is 0.726. The predicted octanol–water partition coefficient (Wildman–Crippen LogP) is 0.622. The van der Waals surface area contributed by atoms with Crippen molar-refractivity contribution < 1.29 is 5.11 Å². The first-order chi connectivity index (χ1) is 6.81. The lowest BCUT2D eigenvalue weighted by Crippen LogP contribution is -2.13. The molecule has 1 aromatic carbocycles. The highest BCUT2D eigenvalue weighted by atomic mass is 16.3. The maximum atomic E-state index is 9.46. The molecule has 2 rings (SSSR count). The summed E-state index contributed by atoms with van der Waals surface area (Å²) in [7, 11) is 0. The van der Waals surface area contributed by atoms with E-state index in [1.54, 1.807) is 6.20 Å². The van der Waals surface area contributed by atoms with E-state index < -0.39 is 6.10 Å². The van der Waals surface area contributed by atoms with Gasteiger partial charge in [0.25, 0.3) is 0 Å². The summed E-state index contributed by atoms with van der Waals surface area (Å²) in [5, 5.41) is 9.46. The Morgan fingerprint density at radius 2 is 2.00 bits per heavy atom. The molecule has 0 saturated carbocycles. The predicted molar refractivity (Wildman–Crippen MR) is 53.6 cm³/mol. The molecule has 1 heterocycles. The van der Waals surface area contributed by atoms with Crippen LogP contribution < -0.4 is 5.73 Å². The molecule has 1 aromatic heterocycles. The molecule has 4 nitrogen and oxygen atoms in total. The third-order valence-electron chi connectivity index (χ3n) is 2.03. The highest BCUT2D eigenvalue weighted by molar-refractivity contribution is 5.73. The first-order valence-electron chi connectivity index (χ1n) is 4.41. The van der Waals surface area contributed by atoms with Crippen LogP contribution in [0.15, 0.2) is 30.5 Å². The van der Waals surface area contributed by atoms with E-state index in [4.69, 9.17) is 5.73 Å². The Hall–Kier alpha value is -1.52. The summed E-state index contributed by atoms with van der Waals surface area (Å²) in [6.07, 6.45) is 0.826. The smallest absolute Gasteiger partial charge is 0.110 e. The Kier molecular flexibility index (Phi) is 2.39. The van der Waals surface area contributed by atoms with Gasteiger partial charge in [-0.15, -0.1) is 0 Å². The van der Waals surface area contributed by atoms with Crippen molar-refractivity contribution in [1.29, 1.82) is 0 Å². The van der Waals surface area contributed by atoms with Crippen LogP contribution in [0.25, 0.3) is 11.0 Å². The molecular weight excluding hydrogens is 178 g/mol. The van der Waals surface area contributed by atoms with E-state index >= 15 is 0 Å². The van der Waals surface area contributed by atoms with Crippen molar-refractivity contribution in [2.45, 2.75) is 6.10 Å². The van der Waals surface area contributed by atoms with Gasteiger partial charge in [-0.25, -0.2) is 4.98 Å². The Balaban J connectivity index is 2.51. The van der Waals surface area contributed by atoms with Gasteiger partial charge in [-0.3, -0.25) is 4.98 Å². The second-order valence-corrected chi connectivity index (χ2v) is 3.04. The standard InChI is InChI=1S/C10H11N3O/c11-5-10(14)9-6-12-7-3-1-2-4-8(7)13-9/h1-4,6,10,14H,5,11H2/t10-/m1/s1. The molecular formula is C10H11N3O. The fourth-order valence-electron chi connectivity index (χ4n) is 1.25. The van der Waals surface area contributed by atoms with E-state index in [0.29, 0.717) is 5.69 Å². The molecule has 3 N–H and O–H groups in total. The van der Waals surface area contributed by atoms with Crippen LogP contribution in [-0.4, -0.2) is 21.6 Å². The summed E-state index contributed by atoms with van der Waals surface area (Å²) in [6, 6.07) is 7.52. The number of hydrogen-bond donors (Lipinski definition) is 2. The Bertz CT molecular complexity index is 444. The molecule has 0 fully saturated rings. The molecule has 14 heavy (non-hydrogen) atoms. The van der Waals surface area contributed by atoms with Crippen LogP contribution in [0.4, 0.5) is 0 Å². The zero-order valence-electron chi connectivity index (χ0n) is 7.59. The fraction of sp³-hybridized carbons (Fsp3) is 0.200. The topological polar surface area (TPSA) is 72.0 Å². The second kappa shape index (κ2) is 3.69. The molecule has 0 radical (unpaired) electrons. The minimum Gasteiger partial charge on any atom is -0.385 e. The van der Waals surface area contributed by atoms with Gasteiger partial charge < -0.3 is 10.8 Å². The fourth-order valence-corrected chi connectivity index (χ4v) is 1.25. The van der Waals surface area contributed by atoms with Crippen LogP contribution in [0.3, 0.4) is 0 Å². The molecule has 0 aliphatic carbocycles. The van der Waals surface area contributed by atoms with Gasteiger partial charge in [-0.05, 0) is 12.1 Å². The normalized spacial score (nSPS) is 13.0. The molecule has 0 saturated heterocycles. The summed E-state index contributed by atoms with van der Waals surface area (Å²) < 4.78 is 0. The van der Waals surface area contributed by atoms with Crippen LogP contribution >= 0.6 is 0 Å². The molecule has 0 amide bonds. The van der Waals surface area contributed by atoms with Crippen molar-refractivity contribution in [3.8, 4) is 0 Å².